The summed E-state index contributed by atoms with van der Waals surface area (Å²) in [5.41, 5.74) is 0. The van der Waals surface area contributed by atoms with Gasteiger partial charge in [-0.3, -0.25) is 0 Å². The quantitative estimate of drug-likeness (QED) is 0.283. The SMILES string of the molecule is C=C[C@](C)(/C=C/CCCCl)[Si](C)(C)c1ccccc1. The maximum atomic E-state index is 5.73. The first kappa shape index (κ1) is 16.3. The van der Waals surface area contributed by atoms with Crippen LogP contribution in [0, 0.1) is 0 Å². The molecule has 0 nitrogen and oxygen atoms in total. The van der Waals surface area contributed by atoms with Crippen LogP contribution in [0.3, 0.4) is 0 Å². The first-order chi connectivity index (χ1) is 8.98. The number of hydrogen-bond donors (Lipinski definition) is 0. The number of hydrogen-bond acceptors (Lipinski definition) is 0. The summed E-state index contributed by atoms with van der Waals surface area (Å²) in [5, 5.41) is 1.54. The van der Waals surface area contributed by atoms with E-state index in [1.807, 2.05) is 0 Å². The van der Waals surface area contributed by atoms with Gasteiger partial charge in [0.15, 0.2) is 0 Å². The Morgan fingerprint density at radius 3 is 2.42 bits per heavy atom. The van der Waals surface area contributed by atoms with Gasteiger partial charge in [-0.05, 0) is 12.8 Å². The van der Waals surface area contributed by atoms with E-state index in [1.54, 1.807) is 0 Å². The molecule has 104 valence electrons. The molecular weight excluding hydrogens is 268 g/mol. The largest absolute Gasteiger partial charge is 0.127 e. The van der Waals surface area contributed by atoms with Crippen molar-refractivity contribution in [1.29, 1.82) is 0 Å². The molecule has 0 N–H and O–H groups in total. The summed E-state index contributed by atoms with van der Waals surface area (Å²) < 4.78 is 0. The molecule has 0 aromatic heterocycles. The Labute approximate surface area is 124 Å². The molecule has 0 amide bonds. The third-order valence-electron chi connectivity index (χ3n) is 4.23. The van der Waals surface area contributed by atoms with Gasteiger partial charge in [-0.25, -0.2) is 0 Å². The van der Waals surface area contributed by atoms with E-state index in [-0.39, 0.29) is 5.04 Å². The molecule has 0 unspecified atom stereocenters. The summed E-state index contributed by atoms with van der Waals surface area (Å²) in [5.74, 6) is 0.731. The Hall–Kier alpha value is -0.793. The van der Waals surface area contributed by atoms with Crippen LogP contribution >= 0.6 is 11.6 Å². The number of benzene rings is 1. The standard InChI is InChI=1S/C17H25ClSi/c1-5-17(2,14-10-7-11-15-18)19(3,4)16-12-8-6-9-13-16/h5-6,8-10,12-14H,1,7,11,15H2,2-4H3/b14-10+/t17-/m1/s1. The second-order valence-electron chi connectivity index (χ2n) is 5.71. The fourth-order valence-corrected chi connectivity index (χ4v) is 5.07. The topological polar surface area (TPSA) is 0 Å². The molecule has 0 fully saturated rings. The van der Waals surface area contributed by atoms with Crippen molar-refractivity contribution in [2.24, 2.45) is 0 Å². The van der Waals surface area contributed by atoms with Crippen LogP contribution in [0.5, 0.6) is 0 Å². The van der Waals surface area contributed by atoms with E-state index in [0.717, 1.165) is 18.7 Å². The van der Waals surface area contributed by atoms with Gasteiger partial charge >= 0.3 is 0 Å². The molecule has 1 rings (SSSR count). The Morgan fingerprint density at radius 2 is 1.89 bits per heavy atom. The maximum absolute atomic E-state index is 5.73. The van der Waals surface area contributed by atoms with E-state index in [0.29, 0.717) is 0 Å². The zero-order valence-corrected chi connectivity index (χ0v) is 14.1. The molecule has 0 saturated carbocycles. The summed E-state index contributed by atoms with van der Waals surface area (Å²) >= 11 is 5.73. The highest BCUT2D eigenvalue weighted by atomic mass is 35.5. The molecule has 1 atom stereocenters. The van der Waals surface area contributed by atoms with Crippen molar-refractivity contribution >= 4 is 24.9 Å². The van der Waals surface area contributed by atoms with Gasteiger partial charge in [-0.2, -0.15) is 0 Å². The van der Waals surface area contributed by atoms with Gasteiger partial charge in [0.2, 0.25) is 0 Å². The number of alkyl halides is 1. The van der Waals surface area contributed by atoms with Crippen molar-refractivity contribution in [3.05, 3.63) is 55.1 Å². The van der Waals surface area contributed by atoms with Crippen molar-refractivity contribution in [3.8, 4) is 0 Å². The van der Waals surface area contributed by atoms with Crippen LogP contribution in [0.2, 0.25) is 18.1 Å². The van der Waals surface area contributed by atoms with Gasteiger partial charge in [0, 0.05) is 10.9 Å². The molecule has 1 aromatic carbocycles. The average Bonchev–Trinajstić information content (AvgIpc) is 2.44. The van der Waals surface area contributed by atoms with Gasteiger partial charge in [-0.15, -0.1) is 18.2 Å². The van der Waals surface area contributed by atoms with E-state index in [4.69, 9.17) is 11.6 Å². The molecule has 0 spiro atoms. The van der Waals surface area contributed by atoms with Crippen LogP contribution in [0.15, 0.2) is 55.1 Å². The average molecular weight is 293 g/mol. The number of allylic oxidation sites excluding steroid dienone is 3. The zero-order valence-electron chi connectivity index (χ0n) is 12.3. The molecule has 0 aliphatic heterocycles. The second kappa shape index (κ2) is 7.11. The van der Waals surface area contributed by atoms with Gasteiger partial charge in [0.25, 0.3) is 0 Å². The molecule has 0 saturated heterocycles. The molecule has 0 aliphatic carbocycles. The zero-order chi connectivity index (χ0) is 14.4. The minimum absolute atomic E-state index is 0.0701. The van der Waals surface area contributed by atoms with Crippen molar-refractivity contribution in [2.45, 2.75) is 37.9 Å². The van der Waals surface area contributed by atoms with Crippen molar-refractivity contribution in [2.75, 3.05) is 5.88 Å². The highest BCUT2D eigenvalue weighted by Crippen LogP contribution is 2.40. The van der Waals surface area contributed by atoms with E-state index in [1.165, 1.54) is 5.19 Å². The predicted molar refractivity (Wildman–Crippen MR) is 91.2 cm³/mol. The van der Waals surface area contributed by atoms with E-state index >= 15 is 0 Å². The third kappa shape index (κ3) is 3.84. The molecular formula is C17H25ClSi. The molecule has 0 aliphatic rings. The highest BCUT2D eigenvalue weighted by molar-refractivity contribution is 6.93. The van der Waals surface area contributed by atoms with E-state index in [2.05, 4.69) is 75.2 Å². The first-order valence-electron chi connectivity index (χ1n) is 6.91. The molecule has 0 radical (unpaired) electrons. The number of rotatable bonds is 7. The van der Waals surface area contributed by atoms with Crippen LogP contribution in [0.25, 0.3) is 0 Å². The minimum atomic E-state index is -1.63. The van der Waals surface area contributed by atoms with E-state index < -0.39 is 8.07 Å². The fourth-order valence-electron chi connectivity index (χ4n) is 2.22. The summed E-state index contributed by atoms with van der Waals surface area (Å²) in [6.45, 7) is 11.2. The van der Waals surface area contributed by atoms with Crippen LogP contribution < -0.4 is 5.19 Å². The van der Waals surface area contributed by atoms with Crippen molar-refractivity contribution < 1.29 is 0 Å². The van der Waals surface area contributed by atoms with Crippen LogP contribution in [-0.2, 0) is 0 Å². The Bertz CT molecular complexity index is 422. The monoisotopic (exact) mass is 292 g/mol. The Balaban J connectivity index is 3.00. The second-order valence-corrected chi connectivity index (χ2v) is 11.0. The lowest BCUT2D eigenvalue weighted by atomic mass is 10.1. The van der Waals surface area contributed by atoms with Crippen LogP contribution in [0.4, 0.5) is 0 Å². The van der Waals surface area contributed by atoms with Gasteiger partial charge in [0.05, 0.1) is 8.07 Å². The Kier molecular flexibility index (Phi) is 6.09. The van der Waals surface area contributed by atoms with Gasteiger partial charge < -0.3 is 0 Å². The molecule has 2 heteroatoms. The van der Waals surface area contributed by atoms with Gasteiger partial charge in [0.1, 0.15) is 0 Å². The minimum Gasteiger partial charge on any atom is -0.127 e. The highest BCUT2D eigenvalue weighted by Gasteiger charge is 2.39. The maximum Gasteiger partial charge on any atom is 0.0942 e. The summed E-state index contributed by atoms with van der Waals surface area (Å²) in [7, 11) is -1.63. The molecule has 1 aromatic rings. The lowest BCUT2D eigenvalue weighted by Gasteiger charge is -2.39. The smallest absolute Gasteiger partial charge is 0.0942 e. The lowest BCUT2D eigenvalue weighted by molar-refractivity contribution is 0.893. The summed E-state index contributed by atoms with van der Waals surface area (Å²) in [4.78, 5) is 0. The lowest BCUT2D eigenvalue weighted by Crippen LogP contribution is -2.50. The summed E-state index contributed by atoms with van der Waals surface area (Å²) in [6, 6.07) is 10.8. The fraction of sp³-hybridized carbons (Fsp3) is 0.412. The van der Waals surface area contributed by atoms with Crippen LogP contribution in [-0.4, -0.2) is 14.0 Å². The first-order valence-corrected chi connectivity index (χ1v) is 10.4. The predicted octanol–water partition coefficient (Wildman–Crippen LogP) is 5.12. The normalized spacial score (nSPS) is 15.4. The van der Waals surface area contributed by atoms with E-state index in [9.17, 15) is 0 Å². The summed E-state index contributed by atoms with van der Waals surface area (Å²) in [6.07, 6.45) is 8.81. The molecule has 0 heterocycles. The van der Waals surface area contributed by atoms with Gasteiger partial charge in [-0.1, -0.05) is 73.8 Å². The van der Waals surface area contributed by atoms with Crippen molar-refractivity contribution in [3.63, 3.8) is 0 Å². The third-order valence-corrected chi connectivity index (χ3v) is 9.34. The van der Waals surface area contributed by atoms with Crippen molar-refractivity contribution in [1.82, 2.24) is 0 Å². The van der Waals surface area contributed by atoms with Crippen LogP contribution in [0.1, 0.15) is 19.8 Å². The molecule has 19 heavy (non-hydrogen) atoms. The molecule has 0 bridgehead atoms. The Morgan fingerprint density at radius 1 is 1.26 bits per heavy atom. The number of unbranched alkanes of at least 4 members (excludes halogenated alkanes) is 1. The number of halogens is 1.